The second kappa shape index (κ2) is 10.6. The highest BCUT2D eigenvalue weighted by molar-refractivity contribution is 7.25. The van der Waals surface area contributed by atoms with Gasteiger partial charge >= 0.3 is 6.85 Å². The molecular weight excluding hydrogens is 727 g/mol. The third kappa shape index (κ3) is 3.91. The van der Waals surface area contributed by atoms with Crippen LogP contribution in [0, 0.1) is 0 Å². The maximum absolute atomic E-state index is 6.70. The zero-order chi connectivity index (χ0) is 38.2. The Bertz CT molecular complexity index is 3800. The second-order valence-electron chi connectivity index (χ2n) is 17.3. The number of thiophene rings is 1. The van der Waals surface area contributed by atoms with Crippen molar-refractivity contribution in [2.45, 2.75) is 26.2 Å². The number of benzene rings is 8. The van der Waals surface area contributed by atoms with E-state index in [1.165, 1.54) is 81.0 Å². The third-order valence-electron chi connectivity index (χ3n) is 13.1. The van der Waals surface area contributed by atoms with E-state index in [4.69, 9.17) is 8.83 Å². The van der Waals surface area contributed by atoms with Crippen LogP contribution in [0.3, 0.4) is 0 Å². The fourth-order valence-corrected chi connectivity index (χ4v) is 11.6. The van der Waals surface area contributed by atoms with E-state index < -0.39 is 0 Å². The lowest BCUT2D eigenvalue weighted by Crippen LogP contribution is -2.60. The Balaban J connectivity index is 1.17. The fraction of sp³-hybridized carbons (Fsp3) is 0.0769. The Morgan fingerprint density at radius 1 is 0.500 bits per heavy atom. The van der Waals surface area contributed by atoms with Crippen LogP contribution in [-0.2, 0) is 5.41 Å². The molecule has 0 fully saturated rings. The lowest BCUT2D eigenvalue weighted by atomic mass is 9.44. The number of furan rings is 2. The summed E-state index contributed by atoms with van der Waals surface area (Å²) in [5, 5.41) is 9.71. The molecule has 0 spiro atoms. The van der Waals surface area contributed by atoms with E-state index in [1.807, 2.05) is 11.3 Å². The number of aromatic nitrogens is 1. The van der Waals surface area contributed by atoms with Gasteiger partial charge in [-0.2, -0.15) is 0 Å². The van der Waals surface area contributed by atoms with E-state index in [-0.39, 0.29) is 12.3 Å². The van der Waals surface area contributed by atoms with Crippen LogP contribution in [0.4, 0.5) is 11.4 Å². The van der Waals surface area contributed by atoms with Gasteiger partial charge in [-0.25, -0.2) is 0 Å². The molecular formula is C52H33BN2O2S. The summed E-state index contributed by atoms with van der Waals surface area (Å²) >= 11 is 1.88. The molecule has 0 unspecified atom stereocenters. The van der Waals surface area contributed by atoms with E-state index in [9.17, 15) is 0 Å². The average Bonchev–Trinajstić information content (AvgIpc) is 3.99. The standard InChI is InChI=1S/C52H33BN2O2S/c1-52(2,3)28-16-18-29(19-17-28)55-42-23-37-30-10-4-7-13-44(30)56-46(37)25-36(42)33-20-21-34-35-22-39-32-12-6-9-15-48(32)58-49(39)27-41(35)54-43-24-38-31-11-5-8-14-45(31)57-47(38)26-40(43)53(55)50(33)51(34)54/h4-27H,1-3H3. The molecule has 4 nitrogen and oxygen atoms in total. The number of anilines is 2. The molecule has 12 aromatic rings. The topological polar surface area (TPSA) is 34.5 Å². The second-order valence-corrected chi connectivity index (χ2v) is 18.3. The van der Waals surface area contributed by atoms with E-state index in [0.717, 1.165) is 49.6 Å². The van der Waals surface area contributed by atoms with Crippen molar-refractivity contribution < 1.29 is 8.83 Å². The first-order valence-electron chi connectivity index (χ1n) is 20.1. The fourth-order valence-electron chi connectivity index (χ4n) is 10.4. The summed E-state index contributed by atoms with van der Waals surface area (Å²) in [5.41, 5.74) is 16.0. The van der Waals surface area contributed by atoms with Gasteiger partial charge < -0.3 is 18.2 Å². The van der Waals surface area contributed by atoms with Gasteiger partial charge in [0.25, 0.3) is 0 Å². The average molecular weight is 761 g/mol. The summed E-state index contributed by atoms with van der Waals surface area (Å²) in [6.07, 6.45) is 0. The van der Waals surface area contributed by atoms with Gasteiger partial charge in [0.1, 0.15) is 22.3 Å². The molecule has 0 amide bonds. The number of hydrogen-bond donors (Lipinski definition) is 0. The summed E-state index contributed by atoms with van der Waals surface area (Å²) < 4.78 is 18.5. The lowest BCUT2D eigenvalue weighted by molar-refractivity contribution is 0.590. The number of hydrogen-bond acceptors (Lipinski definition) is 4. The zero-order valence-electron chi connectivity index (χ0n) is 32.1. The Labute approximate surface area is 337 Å². The van der Waals surface area contributed by atoms with Crippen molar-refractivity contribution in [1.82, 2.24) is 4.57 Å². The van der Waals surface area contributed by atoms with Crippen LogP contribution in [0.15, 0.2) is 154 Å². The maximum Gasteiger partial charge on any atom is 0.333 e. The number of nitrogens with zero attached hydrogens (tertiary/aromatic N) is 2. The van der Waals surface area contributed by atoms with Gasteiger partial charge in [0, 0.05) is 75.1 Å². The molecule has 14 rings (SSSR count). The minimum atomic E-state index is -0.131. The third-order valence-corrected chi connectivity index (χ3v) is 14.2. The highest BCUT2D eigenvalue weighted by Crippen LogP contribution is 2.49. The highest BCUT2D eigenvalue weighted by atomic mass is 32.1. The molecule has 2 aliphatic heterocycles. The maximum atomic E-state index is 6.70. The van der Waals surface area contributed by atoms with Gasteiger partial charge in [0.05, 0.1) is 11.0 Å². The highest BCUT2D eigenvalue weighted by Gasteiger charge is 2.44. The van der Waals surface area contributed by atoms with Crippen molar-refractivity contribution in [1.29, 1.82) is 0 Å². The van der Waals surface area contributed by atoms with E-state index >= 15 is 0 Å². The van der Waals surface area contributed by atoms with Gasteiger partial charge in [-0.05, 0) is 94.2 Å². The molecule has 0 saturated carbocycles. The van der Waals surface area contributed by atoms with Crippen molar-refractivity contribution in [3.05, 3.63) is 151 Å². The predicted octanol–water partition coefficient (Wildman–Crippen LogP) is 13.5. The monoisotopic (exact) mass is 760 g/mol. The zero-order valence-corrected chi connectivity index (χ0v) is 32.9. The molecule has 0 bridgehead atoms. The van der Waals surface area contributed by atoms with Crippen molar-refractivity contribution >= 4 is 126 Å². The molecule has 4 aromatic heterocycles. The summed E-state index contributed by atoms with van der Waals surface area (Å²) in [7, 11) is 0. The predicted molar refractivity (Wildman–Crippen MR) is 246 cm³/mol. The quantitative estimate of drug-likeness (QED) is 0.156. The molecule has 0 aliphatic carbocycles. The molecule has 0 radical (unpaired) electrons. The van der Waals surface area contributed by atoms with Crippen LogP contribution < -0.4 is 15.7 Å². The van der Waals surface area contributed by atoms with E-state index in [0.29, 0.717) is 0 Å². The molecule has 58 heavy (non-hydrogen) atoms. The van der Waals surface area contributed by atoms with Gasteiger partial charge in [0.2, 0.25) is 0 Å². The summed E-state index contributed by atoms with van der Waals surface area (Å²) in [4.78, 5) is 2.60. The first kappa shape index (κ1) is 31.3. The first-order chi connectivity index (χ1) is 28.4. The number of rotatable bonds is 1. The number of fused-ring (bicyclic) bond motifs is 17. The summed E-state index contributed by atoms with van der Waals surface area (Å²) in [6.45, 7) is 6.73. The van der Waals surface area contributed by atoms with Crippen molar-refractivity contribution in [2.75, 3.05) is 4.81 Å². The molecule has 2 aliphatic rings. The van der Waals surface area contributed by atoms with Crippen molar-refractivity contribution in [2.24, 2.45) is 0 Å². The molecule has 0 atom stereocenters. The van der Waals surface area contributed by atoms with E-state index in [1.54, 1.807) is 0 Å². The van der Waals surface area contributed by atoms with E-state index in [2.05, 4.69) is 176 Å². The smallest absolute Gasteiger partial charge is 0.333 e. The van der Waals surface area contributed by atoms with Gasteiger partial charge in [-0.3, -0.25) is 0 Å². The summed E-state index contributed by atoms with van der Waals surface area (Å²) in [5.74, 6) is 0. The molecule has 6 heteroatoms. The Kier molecular flexibility index (Phi) is 5.73. The Morgan fingerprint density at radius 2 is 1.17 bits per heavy atom. The molecule has 0 saturated heterocycles. The van der Waals surface area contributed by atoms with Crippen LogP contribution >= 0.6 is 11.3 Å². The lowest BCUT2D eigenvalue weighted by Gasteiger charge is -2.42. The van der Waals surface area contributed by atoms with Crippen LogP contribution in [-0.4, -0.2) is 11.4 Å². The summed E-state index contributed by atoms with van der Waals surface area (Å²) in [6, 6.07) is 54.1. The normalized spacial score (nSPS) is 13.7. The first-order valence-corrected chi connectivity index (χ1v) is 20.9. The molecule has 6 heterocycles. The number of para-hydroxylation sites is 2. The largest absolute Gasteiger partial charge is 0.456 e. The Morgan fingerprint density at radius 3 is 1.91 bits per heavy atom. The molecule has 8 aromatic carbocycles. The van der Waals surface area contributed by atoms with Gasteiger partial charge in [-0.1, -0.05) is 99.6 Å². The van der Waals surface area contributed by atoms with Gasteiger partial charge in [-0.15, -0.1) is 11.3 Å². The van der Waals surface area contributed by atoms with Gasteiger partial charge in [0.15, 0.2) is 0 Å². The van der Waals surface area contributed by atoms with Crippen LogP contribution in [0.1, 0.15) is 26.3 Å². The minimum Gasteiger partial charge on any atom is -0.456 e. The molecule has 0 N–H and O–H groups in total. The molecule has 272 valence electrons. The van der Waals surface area contributed by atoms with Crippen LogP contribution in [0.25, 0.3) is 103 Å². The minimum absolute atomic E-state index is 0.0311. The Hall–Kier alpha value is -6.76. The SMILES string of the molecule is CC(C)(C)c1ccc(N2B3c4cc5oc6ccccc6c5cc4-n4c5cc6sc7ccccc7c6cc5c5ccc(c3c54)-c3cc4oc5ccccc5c4cc32)cc1. The van der Waals surface area contributed by atoms with Crippen LogP contribution in [0.5, 0.6) is 0 Å². The van der Waals surface area contributed by atoms with Crippen LogP contribution in [0.2, 0.25) is 0 Å². The van der Waals surface area contributed by atoms with Crippen molar-refractivity contribution in [3.63, 3.8) is 0 Å². The van der Waals surface area contributed by atoms with Crippen molar-refractivity contribution in [3.8, 4) is 16.8 Å².